The Bertz CT molecular complexity index is 556. The molecule has 1 unspecified atom stereocenters. The molecule has 0 aliphatic heterocycles. The van der Waals surface area contributed by atoms with Crippen LogP contribution in [-0.2, 0) is 9.59 Å². The Balaban J connectivity index is 3.59. The van der Waals surface area contributed by atoms with Gasteiger partial charge in [0.1, 0.15) is 5.78 Å². The van der Waals surface area contributed by atoms with Gasteiger partial charge in [-0.1, -0.05) is 167 Å². The Kier molecular flexibility index (Phi) is 30.5. The first-order valence-corrected chi connectivity index (χ1v) is 17.6. The first-order valence-electron chi connectivity index (χ1n) is 17.6. The maximum Gasteiger partial charge on any atom is 0.227 e. The van der Waals surface area contributed by atoms with E-state index in [4.69, 9.17) is 5.73 Å². The summed E-state index contributed by atoms with van der Waals surface area (Å²) < 4.78 is 0. The quantitative estimate of drug-likeness (QED) is 0.0517. The monoisotopic (exact) mass is 548 g/mol. The zero-order chi connectivity index (χ0) is 28.7. The smallest absolute Gasteiger partial charge is 0.227 e. The second-order valence-corrected chi connectivity index (χ2v) is 12.1. The molecule has 2 N–H and O–H groups in total. The van der Waals surface area contributed by atoms with Gasteiger partial charge in [0.15, 0.2) is 0 Å². The molecule has 3 heteroatoms. The van der Waals surface area contributed by atoms with Gasteiger partial charge in [-0.2, -0.15) is 0 Å². The molecule has 3 nitrogen and oxygen atoms in total. The molecule has 0 aromatic heterocycles. The first kappa shape index (κ1) is 37.9. The van der Waals surface area contributed by atoms with Gasteiger partial charge in [-0.05, 0) is 38.5 Å². The number of amides is 1. The largest absolute Gasteiger partial charge is 0.369 e. The summed E-state index contributed by atoms with van der Waals surface area (Å²) in [6.07, 6.45) is 40.5. The van der Waals surface area contributed by atoms with Crippen LogP contribution < -0.4 is 5.73 Å². The molecule has 0 saturated carbocycles. The number of nitrogens with two attached hydrogens (primary N) is 1. The van der Waals surface area contributed by atoms with Crippen molar-refractivity contribution in [3.05, 3.63) is 12.2 Å². The van der Waals surface area contributed by atoms with Crippen molar-refractivity contribution < 1.29 is 9.59 Å². The van der Waals surface area contributed by atoms with Gasteiger partial charge in [0.25, 0.3) is 0 Å². The standard InChI is InChI=1S/C36H69NO2/c1-3-5-7-9-11-13-15-17-19-21-23-25-27-29-31-33-35(38)34(36(37)39)32-30-28-26-24-22-20-18-16-14-12-10-8-6-4-2/h18,20,34H,3-17,19,21-33H2,1-2H3,(H2,37,39)/b20-18-. The van der Waals surface area contributed by atoms with Crippen LogP contribution in [-0.4, -0.2) is 11.7 Å². The van der Waals surface area contributed by atoms with Gasteiger partial charge in [0.05, 0.1) is 5.92 Å². The molecule has 0 spiro atoms. The van der Waals surface area contributed by atoms with Crippen molar-refractivity contribution in [2.45, 2.75) is 200 Å². The van der Waals surface area contributed by atoms with Gasteiger partial charge in [0, 0.05) is 6.42 Å². The summed E-state index contributed by atoms with van der Waals surface area (Å²) in [6, 6.07) is 0. The van der Waals surface area contributed by atoms with Gasteiger partial charge >= 0.3 is 0 Å². The fourth-order valence-electron chi connectivity index (χ4n) is 5.55. The number of carbonyl (C=O) groups is 2. The van der Waals surface area contributed by atoms with Gasteiger partial charge in [0.2, 0.25) is 5.91 Å². The molecule has 0 aliphatic carbocycles. The van der Waals surface area contributed by atoms with Crippen LogP contribution in [0.2, 0.25) is 0 Å². The van der Waals surface area contributed by atoms with Crippen molar-refractivity contribution in [2.75, 3.05) is 0 Å². The van der Waals surface area contributed by atoms with E-state index in [1.54, 1.807) is 0 Å². The Morgan fingerprint density at radius 3 is 1.21 bits per heavy atom. The van der Waals surface area contributed by atoms with Gasteiger partial charge in [-0.25, -0.2) is 0 Å². The molecule has 0 heterocycles. The number of rotatable bonds is 32. The molecule has 0 aromatic rings. The average molecular weight is 548 g/mol. The number of carbonyl (C=O) groups excluding carboxylic acids is 2. The summed E-state index contributed by atoms with van der Waals surface area (Å²) in [4.78, 5) is 24.4. The van der Waals surface area contributed by atoms with E-state index in [-0.39, 0.29) is 5.78 Å². The Hall–Kier alpha value is -1.12. The van der Waals surface area contributed by atoms with Crippen LogP contribution in [0, 0.1) is 5.92 Å². The van der Waals surface area contributed by atoms with Gasteiger partial charge < -0.3 is 5.73 Å². The summed E-state index contributed by atoms with van der Waals surface area (Å²) in [5.41, 5.74) is 5.58. The van der Waals surface area contributed by atoms with Crippen LogP contribution in [0.5, 0.6) is 0 Å². The number of unbranched alkanes of at least 4 members (excludes halogenated alkanes) is 24. The number of primary amides is 1. The van der Waals surface area contributed by atoms with Crippen LogP contribution in [0.3, 0.4) is 0 Å². The van der Waals surface area contributed by atoms with Crippen LogP contribution in [0.15, 0.2) is 12.2 Å². The zero-order valence-electron chi connectivity index (χ0n) is 26.6. The number of hydrogen-bond donors (Lipinski definition) is 1. The van der Waals surface area contributed by atoms with Crippen LogP contribution in [0.1, 0.15) is 200 Å². The van der Waals surface area contributed by atoms with Gasteiger partial charge in [-0.3, -0.25) is 9.59 Å². The van der Waals surface area contributed by atoms with E-state index in [1.165, 1.54) is 141 Å². The average Bonchev–Trinajstić information content (AvgIpc) is 2.92. The Morgan fingerprint density at radius 2 is 0.821 bits per heavy atom. The molecular formula is C36H69NO2. The third-order valence-electron chi connectivity index (χ3n) is 8.26. The molecule has 39 heavy (non-hydrogen) atoms. The molecule has 0 fully saturated rings. The number of allylic oxidation sites excluding steroid dienone is 2. The summed E-state index contributed by atoms with van der Waals surface area (Å²) in [5.74, 6) is -0.901. The lowest BCUT2D eigenvalue weighted by Crippen LogP contribution is -2.30. The molecule has 1 amide bonds. The maximum absolute atomic E-state index is 12.6. The maximum atomic E-state index is 12.6. The molecule has 0 radical (unpaired) electrons. The van der Waals surface area contributed by atoms with E-state index in [2.05, 4.69) is 26.0 Å². The molecule has 0 rings (SSSR count). The van der Waals surface area contributed by atoms with Crippen molar-refractivity contribution in [2.24, 2.45) is 11.7 Å². The topological polar surface area (TPSA) is 60.2 Å². The van der Waals surface area contributed by atoms with E-state index in [0.717, 1.165) is 32.1 Å². The fourth-order valence-corrected chi connectivity index (χ4v) is 5.55. The number of Topliss-reactive ketones (excluding diaryl/α,β-unsaturated/α-hetero) is 1. The number of hydrogen-bond acceptors (Lipinski definition) is 2. The van der Waals surface area contributed by atoms with E-state index in [9.17, 15) is 9.59 Å². The second-order valence-electron chi connectivity index (χ2n) is 12.1. The molecule has 1 atom stereocenters. The van der Waals surface area contributed by atoms with Crippen LogP contribution in [0.25, 0.3) is 0 Å². The highest BCUT2D eigenvalue weighted by molar-refractivity contribution is 6.00. The van der Waals surface area contributed by atoms with E-state index in [0.29, 0.717) is 12.8 Å². The lowest BCUT2D eigenvalue weighted by atomic mass is 9.92. The molecule has 0 aliphatic rings. The van der Waals surface area contributed by atoms with Crippen molar-refractivity contribution in [1.29, 1.82) is 0 Å². The van der Waals surface area contributed by atoms with Crippen LogP contribution >= 0.6 is 0 Å². The Labute approximate surface area is 244 Å². The lowest BCUT2D eigenvalue weighted by molar-refractivity contribution is -0.132. The predicted octanol–water partition coefficient (Wildman–Crippen LogP) is 11.6. The van der Waals surface area contributed by atoms with E-state index in [1.807, 2.05) is 0 Å². The minimum absolute atomic E-state index is 0.0785. The summed E-state index contributed by atoms with van der Waals surface area (Å²) in [7, 11) is 0. The fraction of sp³-hybridized carbons (Fsp3) is 0.889. The molecule has 0 saturated heterocycles. The zero-order valence-corrected chi connectivity index (χ0v) is 26.6. The first-order chi connectivity index (χ1) is 19.1. The lowest BCUT2D eigenvalue weighted by Gasteiger charge is -2.12. The third kappa shape index (κ3) is 28.2. The number of ketones is 1. The normalized spacial score (nSPS) is 12.4. The molecule has 0 bridgehead atoms. The highest BCUT2D eigenvalue weighted by Crippen LogP contribution is 2.18. The highest BCUT2D eigenvalue weighted by atomic mass is 16.2. The van der Waals surface area contributed by atoms with Crippen LogP contribution in [0.4, 0.5) is 0 Å². The molecule has 230 valence electrons. The van der Waals surface area contributed by atoms with Crippen molar-refractivity contribution in [1.82, 2.24) is 0 Å². The highest BCUT2D eigenvalue weighted by Gasteiger charge is 2.22. The third-order valence-corrected chi connectivity index (χ3v) is 8.26. The molecular weight excluding hydrogens is 478 g/mol. The van der Waals surface area contributed by atoms with Crippen molar-refractivity contribution in [3.8, 4) is 0 Å². The Morgan fingerprint density at radius 1 is 0.487 bits per heavy atom. The molecule has 0 aromatic carbocycles. The summed E-state index contributed by atoms with van der Waals surface area (Å²) in [6.45, 7) is 4.54. The minimum Gasteiger partial charge on any atom is -0.369 e. The summed E-state index contributed by atoms with van der Waals surface area (Å²) in [5, 5.41) is 0. The van der Waals surface area contributed by atoms with Crippen molar-refractivity contribution >= 4 is 11.7 Å². The SMILES string of the molecule is CCCCCCCC/C=C\CCCCCCC(C(N)=O)C(=O)CCCCCCCCCCCCCCCCC. The van der Waals surface area contributed by atoms with Crippen molar-refractivity contribution in [3.63, 3.8) is 0 Å². The minimum atomic E-state index is -0.561. The van der Waals surface area contributed by atoms with E-state index < -0.39 is 11.8 Å². The summed E-state index contributed by atoms with van der Waals surface area (Å²) >= 11 is 0. The van der Waals surface area contributed by atoms with Gasteiger partial charge in [-0.15, -0.1) is 0 Å². The van der Waals surface area contributed by atoms with E-state index >= 15 is 0 Å². The predicted molar refractivity (Wildman–Crippen MR) is 172 cm³/mol. The second kappa shape index (κ2) is 31.4.